The summed E-state index contributed by atoms with van der Waals surface area (Å²) in [5.74, 6) is -1.18. The highest BCUT2D eigenvalue weighted by Crippen LogP contribution is 2.09. The topological polar surface area (TPSA) is 78.9 Å². The second kappa shape index (κ2) is 53.9. The number of hydrogen-bond acceptors (Lipinski definition) is 6. The maximum Gasteiger partial charge on any atom is 0.306 e. The first kappa shape index (κ1) is 62.3. The van der Waals surface area contributed by atoms with Crippen molar-refractivity contribution in [1.82, 2.24) is 0 Å². The van der Waals surface area contributed by atoms with Gasteiger partial charge in [-0.2, -0.15) is 0 Å². The molecule has 0 spiro atoms. The Morgan fingerprint density at radius 1 is 0.313 bits per heavy atom. The number of allylic oxidation sites excluding steroid dienone is 24. The zero-order valence-corrected chi connectivity index (χ0v) is 42.6. The van der Waals surface area contributed by atoms with Crippen LogP contribution >= 0.6 is 0 Å². The highest BCUT2D eigenvalue weighted by Gasteiger charge is 2.19. The van der Waals surface area contributed by atoms with Crippen LogP contribution in [0.25, 0.3) is 0 Å². The predicted molar refractivity (Wildman–Crippen MR) is 288 cm³/mol. The zero-order valence-electron chi connectivity index (χ0n) is 42.6. The van der Waals surface area contributed by atoms with E-state index in [4.69, 9.17) is 14.2 Å². The summed E-state index contributed by atoms with van der Waals surface area (Å²) < 4.78 is 16.6. The first-order valence-electron chi connectivity index (χ1n) is 26.3. The Labute approximate surface area is 410 Å². The molecule has 0 radical (unpaired) electrons. The molecule has 0 aromatic rings. The van der Waals surface area contributed by atoms with Crippen LogP contribution in [0.4, 0.5) is 0 Å². The zero-order chi connectivity index (χ0) is 48.6. The van der Waals surface area contributed by atoms with E-state index in [0.29, 0.717) is 19.3 Å². The summed E-state index contributed by atoms with van der Waals surface area (Å²) in [5.41, 5.74) is 0. The maximum atomic E-state index is 12.8. The summed E-state index contributed by atoms with van der Waals surface area (Å²) in [5, 5.41) is 0. The average Bonchev–Trinajstić information content (AvgIpc) is 3.33. The van der Waals surface area contributed by atoms with Gasteiger partial charge in [-0.25, -0.2) is 0 Å². The van der Waals surface area contributed by atoms with Crippen molar-refractivity contribution in [2.45, 2.75) is 207 Å². The number of unbranched alkanes of at least 4 members (excludes halogenated alkanes) is 10. The van der Waals surface area contributed by atoms with E-state index in [1.54, 1.807) is 0 Å². The highest BCUT2D eigenvalue weighted by molar-refractivity contribution is 5.71. The fourth-order valence-electron chi connectivity index (χ4n) is 6.39. The van der Waals surface area contributed by atoms with Gasteiger partial charge in [0.1, 0.15) is 13.2 Å². The van der Waals surface area contributed by atoms with Gasteiger partial charge in [0, 0.05) is 19.3 Å². The molecular formula is C61H94O6. The van der Waals surface area contributed by atoms with Crippen LogP contribution in [0.1, 0.15) is 201 Å². The molecule has 1 unspecified atom stereocenters. The molecule has 0 aromatic carbocycles. The molecule has 6 nitrogen and oxygen atoms in total. The molecule has 0 bridgehead atoms. The molecule has 374 valence electrons. The van der Waals surface area contributed by atoms with Crippen LogP contribution in [0.3, 0.4) is 0 Å². The number of rotatable bonds is 45. The number of carbonyl (C=O) groups is 3. The minimum absolute atomic E-state index is 0.160. The Balaban J connectivity index is 4.68. The Bertz CT molecular complexity index is 1530. The molecule has 0 aliphatic rings. The predicted octanol–water partition coefficient (Wildman–Crippen LogP) is 17.6. The lowest BCUT2D eigenvalue weighted by Crippen LogP contribution is -2.30. The van der Waals surface area contributed by atoms with Gasteiger partial charge >= 0.3 is 17.9 Å². The number of ether oxygens (including phenoxy) is 3. The standard InChI is InChI=1S/C61H94O6/c1-4-7-10-13-16-19-22-25-27-29-30-32-33-36-39-42-45-48-51-54-60(63)66-57-58(56-65-59(62)53-50-47-44-41-38-35-24-21-18-15-12-9-6-3)67-61(64)55-52-49-46-43-40-37-34-31-28-26-23-20-17-14-11-8-5-2/h7,10,16-17,19-20,25-28,30,32,34-39,43-48,58H,4-6,8-9,11-15,18,21-24,29,31,33,40-42,49-57H2,1-3H3/b10-7-,19-16-,20-17-,27-25-,28-26-,32-30-,37-34-,38-35-,39-36-,46-43-,47-44-,48-45-. The Kier molecular flexibility index (Phi) is 50.1. The van der Waals surface area contributed by atoms with Crippen LogP contribution in [-0.2, 0) is 28.6 Å². The van der Waals surface area contributed by atoms with Crippen LogP contribution in [0.15, 0.2) is 146 Å². The molecular weight excluding hydrogens is 829 g/mol. The van der Waals surface area contributed by atoms with E-state index in [-0.39, 0.29) is 38.4 Å². The smallest absolute Gasteiger partial charge is 0.306 e. The van der Waals surface area contributed by atoms with Crippen LogP contribution in [0.2, 0.25) is 0 Å². The molecule has 1 atom stereocenters. The maximum absolute atomic E-state index is 12.8. The molecule has 0 aliphatic heterocycles. The molecule has 0 fully saturated rings. The molecule has 0 saturated carbocycles. The fourth-order valence-corrected chi connectivity index (χ4v) is 6.39. The summed E-state index contributed by atoms with van der Waals surface area (Å²) in [4.78, 5) is 37.9. The minimum Gasteiger partial charge on any atom is -0.462 e. The second-order valence-electron chi connectivity index (χ2n) is 16.7. The Morgan fingerprint density at radius 3 is 1.00 bits per heavy atom. The Hall–Kier alpha value is -4.71. The number of hydrogen-bond donors (Lipinski definition) is 0. The van der Waals surface area contributed by atoms with Crippen molar-refractivity contribution in [3.05, 3.63) is 146 Å². The first-order chi connectivity index (χ1) is 33.0. The third-order valence-corrected chi connectivity index (χ3v) is 10.3. The van der Waals surface area contributed by atoms with Crippen LogP contribution < -0.4 is 0 Å². The summed E-state index contributed by atoms with van der Waals surface area (Å²) in [6, 6.07) is 0. The van der Waals surface area contributed by atoms with E-state index in [2.05, 4.69) is 148 Å². The number of esters is 3. The molecule has 0 rings (SSSR count). The molecule has 6 heteroatoms. The van der Waals surface area contributed by atoms with Crippen molar-refractivity contribution >= 4 is 17.9 Å². The normalized spacial score (nSPS) is 13.3. The van der Waals surface area contributed by atoms with Crippen molar-refractivity contribution in [2.24, 2.45) is 0 Å². The van der Waals surface area contributed by atoms with Crippen LogP contribution in [-0.4, -0.2) is 37.2 Å². The average molecular weight is 923 g/mol. The van der Waals surface area contributed by atoms with Gasteiger partial charge in [0.15, 0.2) is 6.10 Å². The molecule has 0 amide bonds. The molecule has 0 saturated heterocycles. The van der Waals surface area contributed by atoms with E-state index >= 15 is 0 Å². The van der Waals surface area contributed by atoms with Crippen molar-refractivity contribution in [1.29, 1.82) is 0 Å². The lowest BCUT2D eigenvalue weighted by Gasteiger charge is -2.18. The van der Waals surface area contributed by atoms with E-state index < -0.39 is 18.0 Å². The van der Waals surface area contributed by atoms with E-state index in [0.717, 1.165) is 77.0 Å². The van der Waals surface area contributed by atoms with Gasteiger partial charge in [0.2, 0.25) is 0 Å². The van der Waals surface area contributed by atoms with Crippen LogP contribution in [0.5, 0.6) is 0 Å². The Morgan fingerprint density at radius 2 is 0.612 bits per heavy atom. The summed E-state index contributed by atoms with van der Waals surface area (Å²) in [6.07, 6.45) is 77.2. The van der Waals surface area contributed by atoms with Crippen molar-refractivity contribution in [2.75, 3.05) is 13.2 Å². The van der Waals surface area contributed by atoms with Gasteiger partial charge < -0.3 is 14.2 Å². The van der Waals surface area contributed by atoms with E-state index in [1.165, 1.54) is 64.2 Å². The summed E-state index contributed by atoms with van der Waals surface area (Å²) in [6.45, 7) is 6.30. The van der Waals surface area contributed by atoms with Crippen molar-refractivity contribution in [3.8, 4) is 0 Å². The van der Waals surface area contributed by atoms with Gasteiger partial charge in [-0.15, -0.1) is 0 Å². The second-order valence-corrected chi connectivity index (χ2v) is 16.7. The number of carbonyl (C=O) groups excluding carboxylic acids is 3. The third kappa shape index (κ3) is 52.1. The lowest BCUT2D eigenvalue weighted by atomic mass is 10.1. The van der Waals surface area contributed by atoms with Gasteiger partial charge in [-0.1, -0.05) is 212 Å². The van der Waals surface area contributed by atoms with Crippen molar-refractivity contribution < 1.29 is 28.6 Å². The molecule has 0 heterocycles. The minimum atomic E-state index is -0.866. The lowest BCUT2D eigenvalue weighted by molar-refractivity contribution is -0.166. The van der Waals surface area contributed by atoms with Crippen molar-refractivity contribution in [3.63, 3.8) is 0 Å². The monoisotopic (exact) mass is 923 g/mol. The van der Waals surface area contributed by atoms with E-state index in [1.807, 2.05) is 18.2 Å². The molecule has 0 aromatic heterocycles. The largest absolute Gasteiger partial charge is 0.462 e. The fraction of sp³-hybridized carbons (Fsp3) is 0.557. The van der Waals surface area contributed by atoms with Gasteiger partial charge in [0.05, 0.1) is 0 Å². The SMILES string of the molecule is CC/C=C\C/C=C\C/C=C\C/C=C\C/C=C\C/C=C\CCC(=O)OCC(COC(=O)CC/C=C\C/C=C\CCCCCCCC)OC(=O)CCC/C=C\C/C=C\C/C=C\C/C=C\CCCCC. The quantitative estimate of drug-likeness (QED) is 0.0262. The molecule has 67 heavy (non-hydrogen) atoms. The molecule has 0 aliphatic carbocycles. The van der Waals surface area contributed by atoms with Gasteiger partial charge in [0.25, 0.3) is 0 Å². The highest BCUT2D eigenvalue weighted by atomic mass is 16.6. The van der Waals surface area contributed by atoms with Gasteiger partial charge in [-0.05, 0) is 116 Å². The summed E-state index contributed by atoms with van der Waals surface area (Å²) in [7, 11) is 0. The van der Waals surface area contributed by atoms with Gasteiger partial charge in [-0.3, -0.25) is 14.4 Å². The third-order valence-electron chi connectivity index (χ3n) is 10.3. The first-order valence-corrected chi connectivity index (χ1v) is 26.3. The van der Waals surface area contributed by atoms with Crippen LogP contribution in [0, 0.1) is 0 Å². The summed E-state index contributed by atoms with van der Waals surface area (Å²) >= 11 is 0. The molecule has 0 N–H and O–H groups in total. The van der Waals surface area contributed by atoms with E-state index in [9.17, 15) is 14.4 Å².